The Morgan fingerprint density at radius 1 is 1.00 bits per heavy atom. The molecule has 2 aromatic carbocycles. The van der Waals surface area contributed by atoms with Gasteiger partial charge in [0, 0.05) is 32.3 Å². The highest BCUT2D eigenvalue weighted by Gasteiger charge is 2.07. The molecule has 0 unspecified atom stereocenters. The van der Waals surface area contributed by atoms with Crippen LogP contribution < -0.4 is 0 Å². The topological polar surface area (TPSA) is 34.5 Å². The van der Waals surface area contributed by atoms with Crippen molar-refractivity contribution in [1.29, 1.82) is 0 Å². The van der Waals surface area contributed by atoms with Gasteiger partial charge in [-0.05, 0) is 36.4 Å². The highest BCUT2D eigenvalue weighted by molar-refractivity contribution is 7.99. The van der Waals surface area contributed by atoms with Gasteiger partial charge in [-0.25, -0.2) is 4.98 Å². The predicted molar refractivity (Wildman–Crippen MR) is 109 cm³/mol. The minimum Gasteiger partial charge on any atom is -0.391 e. The molecule has 3 rings (SSSR count). The second-order valence-electron chi connectivity index (χ2n) is 5.17. The maximum Gasteiger partial charge on any atom is 0.143 e. The molecule has 0 radical (unpaired) electrons. The van der Waals surface area contributed by atoms with Gasteiger partial charge in [0.05, 0.1) is 11.2 Å². The van der Waals surface area contributed by atoms with Crippen LogP contribution in [-0.2, 0) is 11.4 Å². The Bertz CT molecular complexity index is 934. The van der Waals surface area contributed by atoms with Gasteiger partial charge in [0.2, 0.25) is 0 Å². The highest BCUT2D eigenvalue weighted by atomic mass is 35.5. The fourth-order valence-corrected chi connectivity index (χ4v) is 3.65. The summed E-state index contributed by atoms with van der Waals surface area (Å²) in [6, 6.07) is 16.6. The molecule has 0 saturated carbocycles. The normalized spacial score (nSPS) is 11.0. The smallest absolute Gasteiger partial charge is 0.143 e. The van der Waals surface area contributed by atoms with Gasteiger partial charge in [0.1, 0.15) is 11.6 Å². The molecule has 0 aliphatic rings. The molecule has 0 N–H and O–H groups in total. The van der Waals surface area contributed by atoms with Gasteiger partial charge >= 0.3 is 0 Å². The quantitative estimate of drug-likeness (QED) is 0.325. The van der Waals surface area contributed by atoms with E-state index in [1.54, 1.807) is 24.5 Å². The second-order valence-corrected chi connectivity index (χ2v) is 7.46. The van der Waals surface area contributed by atoms with Crippen LogP contribution in [0.3, 0.4) is 0 Å². The molecule has 3 aromatic rings. The third-order valence-electron chi connectivity index (χ3n) is 3.35. The Labute approximate surface area is 170 Å². The van der Waals surface area contributed by atoms with Gasteiger partial charge < -0.3 is 4.84 Å². The summed E-state index contributed by atoms with van der Waals surface area (Å²) in [5, 5.41) is 6.62. The Hall–Kier alpha value is -1.72. The summed E-state index contributed by atoms with van der Waals surface area (Å²) < 4.78 is 0. The average Bonchev–Trinajstić information content (AvgIpc) is 2.63. The maximum atomic E-state index is 6.22. The lowest BCUT2D eigenvalue weighted by molar-refractivity contribution is 0.132. The lowest BCUT2D eigenvalue weighted by atomic mass is 10.2. The molecule has 0 atom stereocenters. The Kier molecular flexibility index (Phi) is 6.80. The lowest BCUT2D eigenvalue weighted by Crippen LogP contribution is -1.92. The van der Waals surface area contributed by atoms with Crippen LogP contribution in [0.15, 0.2) is 75.9 Å². The van der Waals surface area contributed by atoms with Gasteiger partial charge in [-0.2, -0.15) is 0 Å². The van der Waals surface area contributed by atoms with E-state index in [1.807, 2.05) is 42.5 Å². The zero-order valence-electron chi connectivity index (χ0n) is 13.4. The van der Waals surface area contributed by atoms with Crippen molar-refractivity contribution in [3.05, 3.63) is 87.0 Å². The molecule has 0 spiro atoms. The number of oxime groups is 1. The van der Waals surface area contributed by atoms with Crippen molar-refractivity contribution in [3.63, 3.8) is 0 Å². The highest BCUT2D eigenvalue weighted by Crippen LogP contribution is 2.33. The van der Waals surface area contributed by atoms with Crippen molar-refractivity contribution >= 4 is 52.8 Å². The van der Waals surface area contributed by atoms with E-state index in [4.69, 9.17) is 39.6 Å². The zero-order valence-corrected chi connectivity index (χ0v) is 16.5. The van der Waals surface area contributed by atoms with E-state index in [0.29, 0.717) is 15.1 Å². The van der Waals surface area contributed by atoms with Crippen LogP contribution in [-0.4, -0.2) is 11.2 Å². The summed E-state index contributed by atoms with van der Waals surface area (Å²) in [4.78, 5) is 10.7. The van der Waals surface area contributed by atoms with E-state index in [0.717, 1.165) is 21.0 Å². The Morgan fingerprint density at radius 3 is 2.65 bits per heavy atom. The largest absolute Gasteiger partial charge is 0.391 e. The molecule has 0 amide bonds. The van der Waals surface area contributed by atoms with Crippen LogP contribution in [0.25, 0.3) is 0 Å². The summed E-state index contributed by atoms with van der Waals surface area (Å²) in [7, 11) is 0. The molecule has 132 valence electrons. The minimum atomic E-state index is 0.250. The van der Waals surface area contributed by atoms with Gasteiger partial charge in [0.25, 0.3) is 0 Å². The van der Waals surface area contributed by atoms with Gasteiger partial charge in [0.15, 0.2) is 0 Å². The fraction of sp³-hybridized carbons (Fsp3) is 0.0526. The summed E-state index contributed by atoms with van der Waals surface area (Å²) >= 11 is 19.7. The molecule has 0 aliphatic heterocycles. The number of halogens is 3. The molecule has 26 heavy (non-hydrogen) atoms. The molecule has 1 heterocycles. The van der Waals surface area contributed by atoms with Crippen molar-refractivity contribution in [3.8, 4) is 0 Å². The molecule has 1 aromatic heterocycles. The number of hydrogen-bond donors (Lipinski definition) is 0. The van der Waals surface area contributed by atoms with E-state index in [-0.39, 0.29) is 6.61 Å². The van der Waals surface area contributed by atoms with Crippen molar-refractivity contribution < 1.29 is 4.84 Å². The molecule has 7 heteroatoms. The third-order valence-corrected chi connectivity index (χ3v) is 5.48. The van der Waals surface area contributed by atoms with E-state index in [9.17, 15) is 0 Å². The second kappa shape index (κ2) is 9.28. The SMILES string of the molecule is Clc1ccc(CON=Cc2cccnc2Sc2ccccc2Cl)c(Cl)c1. The predicted octanol–water partition coefficient (Wildman–Crippen LogP) is 6.74. The molecular formula is C19H13Cl3N2OS. The Morgan fingerprint density at radius 2 is 1.85 bits per heavy atom. The van der Waals surface area contributed by atoms with Crippen LogP contribution in [0.1, 0.15) is 11.1 Å². The van der Waals surface area contributed by atoms with Crippen LogP contribution in [0.4, 0.5) is 0 Å². The van der Waals surface area contributed by atoms with Crippen molar-refractivity contribution in [1.82, 2.24) is 4.98 Å². The number of pyridine rings is 1. The maximum absolute atomic E-state index is 6.22. The third kappa shape index (κ3) is 5.15. The fourth-order valence-electron chi connectivity index (χ4n) is 2.06. The summed E-state index contributed by atoms with van der Waals surface area (Å²) in [6.45, 7) is 0.250. The molecule has 0 saturated heterocycles. The van der Waals surface area contributed by atoms with E-state index in [2.05, 4.69) is 10.1 Å². The molecule has 0 bridgehead atoms. The average molecular weight is 424 g/mol. The number of benzene rings is 2. The van der Waals surface area contributed by atoms with Crippen LogP contribution in [0, 0.1) is 0 Å². The summed E-state index contributed by atoms with van der Waals surface area (Å²) in [5.74, 6) is 0. The Balaban J connectivity index is 1.68. The van der Waals surface area contributed by atoms with Crippen molar-refractivity contribution in [2.45, 2.75) is 16.5 Å². The molecular weight excluding hydrogens is 411 g/mol. The monoisotopic (exact) mass is 422 g/mol. The summed E-state index contributed by atoms with van der Waals surface area (Å²) in [6.07, 6.45) is 3.35. The van der Waals surface area contributed by atoms with Crippen LogP contribution >= 0.6 is 46.6 Å². The minimum absolute atomic E-state index is 0.250. The van der Waals surface area contributed by atoms with Crippen LogP contribution in [0.2, 0.25) is 15.1 Å². The molecule has 0 fully saturated rings. The van der Waals surface area contributed by atoms with Gasteiger partial charge in [-0.1, -0.05) is 69.9 Å². The standard InChI is InChI=1S/C19H13Cl3N2OS/c20-15-8-7-14(17(22)10-15)12-25-24-11-13-4-3-9-23-19(13)26-18-6-2-1-5-16(18)21/h1-11H,12H2. The van der Waals surface area contributed by atoms with E-state index < -0.39 is 0 Å². The first-order chi connectivity index (χ1) is 12.6. The first-order valence-corrected chi connectivity index (χ1v) is 9.55. The molecule has 0 aliphatic carbocycles. The van der Waals surface area contributed by atoms with E-state index >= 15 is 0 Å². The summed E-state index contributed by atoms with van der Waals surface area (Å²) in [5.41, 5.74) is 1.64. The zero-order chi connectivity index (χ0) is 18.4. The number of nitrogens with zero attached hydrogens (tertiary/aromatic N) is 2. The van der Waals surface area contributed by atoms with Gasteiger partial charge in [-0.15, -0.1) is 0 Å². The number of hydrogen-bond acceptors (Lipinski definition) is 4. The number of rotatable bonds is 6. The van der Waals surface area contributed by atoms with E-state index in [1.165, 1.54) is 11.8 Å². The van der Waals surface area contributed by atoms with Crippen molar-refractivity contribution in [2.75, 3.05) is 0 Å². The first-order valence-electron chi connectivity index (χ1n) is 7.60. The van der Waals surface area contributed by atoms with Gasteiger partial charge in [-0.3, -0.25) is 0 Å². The number of aromatic nitrogens is 1. The first kappa shape index (κ1) is 19.1. The lowest BCUT2D eigenvalue weighted by Gasteiger charge is -2.06. The van der Waals surface area contributed by atoms with Crippen molar-refractivity contribution in [2.24, 2.45) is 5.16 Å². The van der Waals surface area contributed by atoms with Crippen LogP contribution in [0.5, 0.6) is 0 Å². The molecule has 3 nitrogen and oxygen atoms in total.